The fourth-order valence-electron chi connectivity index (χ4n) is 1.44. The Hall–Kier alpha value is 0.140. The van der Waals surface area contributed by atoms with Crippen LogP contribution in [0.4, 0.5) is 0 Å². The monoisotopic (exact) mass is 275 g/mol. The molecule has 0 radical (unpaired) electrons. The summed E-state index contributed by atoms with van der Waals surface area (Å²) >= 11 is 5.28. The van der Waals surface area contributed by atoms with Crippen LogP contribution in [0.2, 0.25) is 0 Å². The predicted molar refractivity (Wildman–Crippen MR) is 68.5 cm³/mol. The lowest BCUT2D eigenvalue weighted by atomic mass is 10.2. The Kier molecular flexibility index (Phi) is 5.75. The summed E-state index contributed by atoms with van der Waals surface area (Å²) in [5, 5.41) is 5.46. The first kappa shape index (κ1) is 12.2. The zero-order valence-corrected chi connectivity index (χ0v) is 11.3. The molecule has 0 amide bonds. The molecule has 3 heteroatoms. The Balaban J connectivity index is 2.33. The van der Waals surface area contributed by atoms with Crippen LogP contribution in [0.15, 0.2) is 16.8 Å². The van der Waals surface area contributed by atoms with Gasteiger partial charge in [0.25, 0.3) is 0 Å². The second-order valence-electron chi connectivity index (χ2n) is 3.70. The second-order valence-corrected chi connectivity index (χ2v) is 5.27. The molecule has 0 N–H and O–H groups in total. The molecular formula is C11H18BrNS. The molecule has 0 atom stereocenters. The summed E-state index contributed by atoms with van der Waals surface area (Å²) in [5.74, 6) is 0. The van der Waals surface area contributed by atoms with Gasteiger partial charge in [-0.1, -0.05) is 15.9 Å². The molecule has 0 bridgehead atoms. The van der Waals surface area contributed by atoms with E-state index in [0.29, 0.717) is 6.04 Å². The second kappa shape index (κ2) is 6.59. The third kappa shape index (κ3) is 4.11. The smallest absolute Gasteiger partial charge is 0.0159 e. The van der Waals surface area contributed by atoms with Gasteiger partial charge in [0.1, 0.15) is 0 Å². The van der Waals surface area contributed by atoms with Gasteiger partial charge in [0, 0.05) is 24.5 Å². The molecule has 0 saturated heterocycles. The van der Waals surface area contributed by atoms with Gasteiger partial charge in [0.2, 0.25) is 0 Å². The normalized spacial score (nSPS) is 11.5. The van der Waals surface area contributed by atoms with E-state index in [1.165, 1.54) is 18.5 Å². The lowest BCUT2D eigenvalue weighted by Gasteiger charge is -2.25. The minimum atomic E-state index is 0.645. The van der Waals surface area contributed by atoms with Gasteiger partial charge in [-0.3, -0.25) is 4.90 Å². The quantitative estimate of drug-likeness (QED) is 0.720. The van der Waals surface area contributed by atoms with Crippen LogP contribution in [0.5, 0.6) is 0 Å². The average molecular weight is 276 g/mol. The first-order valence-corrected chi connectivity index (χ1v) is 7.11. The summed E-state index contributed by atoms with van der Waals surface area (Å²) in [6.45, 7) is 6.83. The van der Waals surface area contributed by atoms with Gasteiger partial charge in [-0.15, -0.1) is 0 Å². The summed E-state index contributed by atoms with van der Waals surface area (Å²) in [4.78, 5) is 2.51. The van der Waals surface area contributed by atoms with Crippen LogP contribution >= 0.6 is 27.3 Å². The van der Waals surface area contributed by atoms with Crippen molar-refractivity contribution >= 4 is 27.3 Å². The van der Waals surface area contributed by atoms with Crippen LogP contribution < -0.4 is 0 Å². The van der Waals surface area contributed by atoms with Gasteiger partial charge in [-0.25, -0.2) is 0 Å². The molecule has 14 heavy (non-hydrogen) atoms. The van der Waals surface area contributed by atoms with Crippen molar-refractivity contribution < 1.29 is 0 Å². The fraction of sp³-hybridized carbons (Fsp3) is 0.636. The van der Waals surface area contributed by atoms with E-state index in [1.807, 2.05) is 0 Å². The Labute approximate surface area is 99.3 Å². The van der Waals surface area contributed by atoms with Gasteiger partial charge in [-0.2, -0.15) is 11.3 Å². The number of rotatable bonds is 6. The Morgan fingerprint density at radius 1 is 1.43 bits per heavy atom. The van der Waals surface area contributed by atoms with Crippen molar-refractivity contribution in [2.75, 3.05) is 18.4 Å². The number of hydrogen-bond donors (Lipinski definition) is 0. The number of nitrogens with zero attached hydrogens (tertiary/aromatic N) is 1. The van der Waals surface area contributed by atoms with Crippen molar-refractivity contribution in [3.8, 4) is 0 Å². The first-order chi connectivity index (χ1) is 6.74. The topological polar surface area (TPSA) is 3.24 Å². The summed E-state index contributed by atoms with van der Waals surface area (Å²) in [5.41, 5.74) is 1.47. The van der Waals surface area contributed by atoms with Crippen LogP contribution in [0, 0.1) is 0 Å². The standard InChI is InChI=1S/C11H18BrNS/c1-10(2)13(7-5-12)6-3-11-4-8-14-9-11/h4,8-10H,3,5-7H2,1-2H3. The number of thiophene rings is 1. The van der Waals surface area contributed by atoms with E-state index in [4.69, 9.17) is 0 Å². The molecule has 1 aromatic rings. The van der Waals surface area contributed by atoms with Gasteiger partial charge in [0.05, 0.1) is 0 Å². The molecule has 1 rings (SSSR count). The number of alkyl halides is 1. The van der Waals surface area contributed by atoms with Gasteiger partial charge in [-0.05, 0) is 42.7 Å². The van der Waals surface area contributed by atoms with E-state index in [0.717, 1.165) is 11.9 Å². The summed E-state index contributed by atoms with van der Waals surface area (Å²) in [6, 6.07) is 2.86. The number of halogens is 1. The molecule has 0 aliphatic heterocycles. The molecule has 0 aliphatic carbocycles. The van der Waals surface area contributed by atoms with E-state index >= 15 is 0 Å². The van der Waals surface area contributed by atoms with Crippen molar-refractivity contribution in [1.29, 1.82) is 0 Å². The summed E-state index contributed by atoms with van der Waals surface area (Å²) < 4.78 is 0. The summed E-state index contributed by atoms with van der Waals surface area (Å²) in [7, 11) is 0. The zero-order valence-electron chi connectivity index (χ0n) is 8.87. The van der Waals surface area contributed by atoms with Crippen LogP contribution in [-0.4, -0.2) is 29.4 Å². The van der Waals surface area contributed by atoms with Crippen LogP contribution in [0.25, 0.3) is 0 Å². The van der Waals surface area contributed by atoms with Crippen LogP contribution in [-0.2, 0) is 6.42 Å². The zero-order chi connectivity index (χ0) is 10.4. The maximum atomic E-state index is 3.50. The van der Waals surface area contributed by atoms with Crippen molar-refractivity contribution in [3.05, 3.63) is 22.4 Å². The third-order valence-corrected chi connectivity index (χ3v) is 3.46. The molecular weight excluding hydrogens is 258 g/mol. The minimum absolute atomic E-state index is 0.645. The van der Waals surface area contributed by atoms with Crippen molar-refractivity contribution in [1.82, 2.24) is 4.90 Å². The van der Waals surface area contributed by atoms with Crippen LogP contribution in [0.1, 0.15) is 19.4 Å². The molecule has 0 unspecified atom stereocenters. The van der Waals surface area contributed by atoms with E-state index in [-0.39, 0.29) is 0 Å². The van der Waals surface area contributed by atoms with Gasteiger partial charge >= 0.3 is 0 Å². The maximum Gasteiger partial charge on any atom is 0.0159 e. The average Bonchev–Trinajstić information content (AvgIpc) is 2.64. The molecule has 0 saturated carbocycles. The molecule has 1 heterocycles. The van der Waals surface area contributed by atoms with E-state index < -0.39 is 0 Å². The lowest BCUT2D eigenvalue weighted by Crippen LogP contribution is -2.34. The Morgan fingerprint density at radius 2 is 2.21 bits per heavy atom. The van der Waals surface area contributed by atoms with E-state index in [9.17, 15) is 0 Å². The third-order valence-electron chi connectivity index (χ3n) is 2.37. The summed E-state index contributed by atoms with van der Waals surface area (Å²) in [6.07, 6.45) is 1.18. The van der Waals surface area contributed by atoms with Crippen molar-refractivity contribution in [2.24, 2.45) is 0 Å². The predicted octanol–water partition coefficient (Wildman–Crippen LogP) is 3.40. The fourth-order valence-corrected chi connectivity index (χ4v) is 2.60. The molecule has 1 nitrogen and oxygen atoms in total. The maximum absolute atomic E-state index is 3.50. The molecule has 0 fully saturated rings. The highest BCUT2D eigenvalue weighted by molar-refractivity contribution is 9.09. The van der Waals surface area contributed by atoms with Crippen molar-refractivity contribution in [3.63, 3.8) is 0 Å². The minimum Gasteiger partial charge on any atom is -0.300 e. The Bertz CT molecular complexity index is 233. The first-order valence-electron chi connectivity index (χ1n) is 5.05. The lowest BCUT2D eigenvalue weighted by molar-refractivity contribution is 0.239. The van der Waals surface area contributed by atoms with E-state index in [2.05, 4.69) is 51.5 Å². The molecule has 0 aliphatic rings. The molecule has 0 spiro atoms. The number of hydrogen-bond acceptors (Lipinski definition) is 2. The Morgan fingerprint density at radius 3 is 2.71 bits per heavy atom. The highest BCUT2D eigenvalue weighted by Gasteiger charge is 2.08. The van der Waals surface area contributed by atoms with Gasteiger partial charge in [0.15, 0.2) is 0 Å². The molecule has 1 aromatic heterocycles. The van der Waals surface area contributed by atoms with Crippen LogP contribution in [0.3, 0.4) is 0 Å². The molecule has 80 valence electrons. The van der Waals surface area contributed by atoms with Gasteiger partial charge < -0.3 is 0 Å². The highest BCUT2D eigenvalue weighted by atomic mass is 79.9. The van der Waals surface area contributed by atoms with Crippen molar-refractivity contribution in [2.45, 2.75) is 26.3 Å². The van der Waals surface area contributed by atoms with E-state index in [1.54, 1.807) is 11.3 Å². The SMILES string of the molecule is CC(C)N(CCBr)CCc1ccsc1. The largest absolute Gasteiger partial charge is 0.300 e. The molecule has 0 aromatic carbocycles. The highest BCUT2D eigenvalue weighted by Crippen LogP contribution is 2.08.